The van der Waals surface area contributed by atoms with Gasteiger partial charge in [-0.1, -0.05) is 6.08 Å². The summed E-state index contributed by atoms with van der Waals surface area (Å²) in [5.41, 5.74) is 5.53. The van der Waals surface area contributed by atoms with Crippen LogP contribution in [-0.2, 0) is 14.4 Å². The van der Waals surface area contributed by atoms with Crippen LogP contribution in [0.4, 0.5) is 13.6 Å². The maximum atomic E-state index is 13.1. The van der Waals surface area contributed by atoms with Crippen LogP contribution in [0.1, 0.15) is 8.35 Å². The minimum Gasteiger partial charge on any atom is -1.00 e. The number of hydrogen-bond acceptors (Lipinski definition) is 4. The molecule has 8 nitrogen and oxygen atoms in total. The Kier molecular flexibility index (Phi) is 4.67. The van der Waals surface area contributed by atoms with Gasteiger partial charge in [-0.3, -0.25) is 4.79 Å². The second-order valence-corrected chi connectivity index (χ2v) is 4.45. The van der Waals surface area contributed by atoms with Gasteiger partial charge in [-0.2, -0.15) is 18.7 Å². The van der Waals surface area contributed by atoms with Crippen LogP contribution in [0.15, 0.2) is 11.6 Å². The number of carboxylic acid groups (broad SMARTS) is 1. The number of hydroxylamine groups is 2. The number of rotatable bonds is 4. The standard InChI is InChI=1S/C10H11F2N3O5.Li.H/c1-4-2-5(7(13)16)14-3-6(4)15(9(14)19)20-10(11,12)8(17)18;;/h2,5-6H,3H2,1H3,(H2,13,16)(H,17,18);;/q;+1;-1/t5-,6-;;/m0../s1. The monoisotopic (exact) mass is 299 g/mol. The Bertz CT molecular complexity index is 533. The van der Waals surface area contributed by atoms with Crippen molar-refractivity contribution in [3.05, 3.63) is 11.6 Å². The van der Waals surface area contributed by atoms with E-state index in [-0.39, 0.29) is 31.9 Å². The van der Waals surface area contributed by atoms with Crippen molar-refractivity contribution in [1.29, 1.82) is 0 Å². The van der Waals surface area contributed by atoms with Gasteiger partial charge >= 0.3 is 37.0 Å². The van der Waals surface area contributed by atoms with Gasteiger partial charge in [0, 0.05) is 0 Å². The van der Waals surface area contributed by atoms with Crippen molar-refractivity contribution in [2.75, 3.05) is 6.54 Å². The number of nitrogens with two attached hydrogens (primary N) is 1. The number of urea groups is 1. The third kappa shape index (κ3) is 2.88. The number of aliphatic carboxylic acids is 1. The van der Waals surface area contributed by atoms with Crippen LogP contribution in [-0.4, -0.2) is 57.7 Å². The molecule has 2 bridgehead atoms. The average Bonchev–Trinajstić information content (AvgIpc) is 2.59. The summed E-state index contributed by atoms with van der Waals surface area (Å²) in [4.78, 5) is 38.4. The Labute approximate surface area is 131 Å². The zero-order valence-corrected chi connectivity index (χ0v) is 11.2. The molecule has 0 spiro atoms. The van der Waals surface area contributed by atoms with E-state index >= 15 is 0 Å². The minimum atomic E-state index is -4.54. The first-order valence-electron chi connectivity index (χ1n) is 5.53. The fourth-order valence-electron chi connectivity index (χ4n) is 2.11. The van der Waals surface area contributed by atoms with Crippen molar-refractivity contribution in [3.8, 4) is 0 Å². The van der Waals surface area contributed by atoms with Crippen molar-refractivity contribution in [1.82, 2.24) is 9.96 Å². The Morgan fingerprint density at radius 3 is 2.62 bits per heavy atom. The molecule has 1 fully saturated rings. The second-order valence-electron chi connectivity index (χ2n) is 4.45. The summed E-state index contributed by atoms with van der Waals surface area (Å²) in [5, 5.41) is 8.59. The molecule has 0 saturated carbocycles. The molecule has 0 aromatic heterocycles. The van der Waals surface area contributed by atoms with Crippen LogP contribution in [0.3, 0.4) is 0 Å². The molecule has 1 saturated heterocycles. The zero-order chi connectivity index (χ0) is 15.2. The van der Waals surface area contributed by atoms with Gasteiger partial charge in [-0.25, -0.2) is 9.59 Å². The molecule has 0 radical (unpaired) electrons. The smallest absolute Gasteiger partial charge is 1.00 e. The molecule has 0 aromatic rings. The number of carbonyl (C=O) groups is 3. The number of alkyl halides is 2. The molecule has 11 heteroatoms. The fraction of sp³-hybridized carbons (Fsp3) is 0.500. The first kappa shape index (κ1) is 17.4. The maximum Gasteiger partial charge on any atom is 1.00 e. The van der Waals surface area contributed by atoms with Crippen molar-refractivity contribution >= 4 is 17.9 Å². The van der Waals surface area contributed by atoms with E-state index in [1.165, 1.54) is 13.0 Å². The van der Waals surface area contributed by atoms with Gasteiger partial charge in [-0.15, -0.1) is 0 Å². The zero-order valence-electron chi connectivity index (χ0n) is 12.2. The summed E-state index contributed by atoms with van der Waals surface area (Å²) in [6.45, 7) is 1.43. The molecule has 21 heavy (non-hydrogen) atoms. The molecule has 0 unspecified atom stereocenters. The number of nitrogens with zero attached hydrogens (tertiary/aromatic N) is 2. The van der Waals surface area contributed by atoms with Crippen LogP contribution >= 0.6 is 0 Å². The van der Waals surface area contributed by atoms with Crippen molar-refractivity contribution in [2.24, 2.45) is 5.73 Å². The molecule has 3 amide bonds. The quantitative estimate of drug-likeness (QED) is 0.415. The summed E-state index contributed by atoms with van der Waals surface area (Å²) < 4.78 is 26.1. The van der Waals surface area contributed by atoms with Gasteiger partial charge in [0.2, 0.25) is 5.91 Å². The number of carbonyl (C=O) groups excluding carboxylic acids is 2. The summed E-state index contributed by atoms with van der Waals surface area (Å²) in [6, 6.07) is -2.98. The Morgan fingerprint density at radius 1 is 1.57 bits per heavy atom. The number of carboxylic acids is 1. The van der Waals surface area contributed by atoms with E-state index in [9.17, 15) is 23.2 Å². The Hall–Kier alpha value is -1.63. The average molecular weight is 299 g/mol. The van der Waals surface area contributed by atoms with Gasteiger partial charge in [0.15, 0.2) is 0 Å². The summed E-state index contributed by atoms with van der Waals surface area (Å²) in [6.07, 6.45) is -3.19. The van der Waals surface area contributed by atoms with Gasteiger partial charge < -0.3 is 17.2 Å². The van der Waals surface area contributed by atoms with E-state index in [1.54, 1.807) is 0 Å². The van der Waals surface area contributed by atoms with Gasteiger partial charge in [0.1, 0.15) is 12.1 Å². The third-order valence-corrected chi connectivity index (χ3v) is 3.12. The number of halogens is 2. The van der Waals surface area contributed by atoms with Gasteiger partial charge in [0.25, 0.3) is 0 Å². The summed E-state index contributed by atoms with van der Waals surface area (Å²) >= 11 is 0. The third-order valence-electron chi connectivity index (χ3n) is 3.12. The molecule has 2 aliphatic rings. The molecular formula is C10H12F2LiN3O5. The minimum absolute atomic E-state index is 0. The first-order valence-corrected chi connectivity index (χ1v) is 5.53. The molecule has 2 aliphatic heterocycles. The van der Waals surface area contributed by atoms with E-state index in [0.717, 1.165) is 4.90 Å². The molecule has 112 valence electrons. The SMILES string of the molecule is CC1=C[C@@H](C(N)=O)N2C[C@@H]1N(OC(F)(F)C(=O)O)C2=O.[H-].[Li+]. The fourth-order valence-corrected chi connectivity index (χ4v) is 2.11. The summed E-state index contributed by atoms with van der Waals surface area (Å²) in [7, 11) is 0. The summed E-state index contributed by atoms with van der Waals surface area (Å²) in [5.74, 6) is -3.34. The molecule has 2 heterocycles. The van der Waals surface area contributed by atoms with Crippen LogP contribution < -0.4 is 24.6 Å². The van der Waals surface area contributed by atoms with Crippen LogP contribution in [0.25, 0.3) is 0 Å². The Balaban J connectivity index is 0.00000220. The predicted molar refractivity (Wildman–Crippen MR) is 59.2 cm³/mol. The normalized spacial score (nSPS) is 24.5. The van der Waals surface area contributed by atoms with Crippen molar-refractivity contribution in [2.45, 2.75) is 25.1 Å². The molecule has 2 rings (SSSR count). The molecular weight excluding hydrogens is 287 g/mol. The molecule has 0 aliphatic carbocycles. The van der Waals surface area contributed by atoms with E-state index < -0.39 is 36.1 Å². The van der Waals surface area contributed by atoms with Crippen molar-refractivity contribution < 1.29 is 53.4 Å². The number of hydrogen-bond donors (Lipinski definition) is 2. The molecule has 3 N–H and O–H groups in total. The maximum absolute atomic E-state index is 13.1. The van der Waals surface area contributed by atoms with Crippen LogP contribution in [0, 0.1) is 0 Å². The first-order chi connectivity index (χ1) is 9.15. The van der Waals surface area contributed by atoms with Crippen molar-refractivity contribution in [3.63, 3.8) is 0 Å². The topological polar surface area (TPSA) is 113 Å². The predicted octanol–water partition coefficient (Wildman–Crippen LogP) is -3.37. The van der Waals surface area contributed by atoms with Crippen LogP contribution in [0.2, 0.25) is 0 Å². The van der Waals surface area contributed by atoms with E-state index in [1.807, 2.05) is 0 Å². The van der Waals surface area contributed by atoms with E-state index in [2.05, 4.69) is 4.84 Å². The second kappa shape index (κ2) is 5.63. The molecule has 0 aromatic carbocycles. The number of fused-ring (bicyclic) bond motifs is 2. The van der Waals surface area contributed by atoms with E-state index in [4.69, 9.17) is 10.8 Å². The number of amides is 3. The number of primary amides is 1. The van der Waals surface area contributed by atoms with Gasteiger partial charge in [0.05, 0.1) is 6.54 Å². The molecule has 2 atom stereocenters. The van der Waals surface area contributed by atoms with Crippen LogP contribution in [0.5, 0.6) is 0 Å². The Morgan fingerprint density at radius 2 is 2.14 bits per heavy atom. The largest absolute Gasteiger partial charge is 1.00 e. The van der Waals surface area contributed by atoms with Gasteiger partial charge in [-0.05, 0) is 12.5 Å². The van der Waals surface area contributed by atoms with E-state index in [0.29, 0.717) is 5.57 Å².